The number of anilines is 1. The topological polar surface area (TPSA) is 51.1 Å². The highest BCUT2D eigenvalue weighted by atomic mass is 127. The Morgan fingerprint density at radius 2 is 2.10 bits per heavy atom. The Balaban J connectivity index is 0.00000320. The third-order valence-corrected chi connectivity index (χ3v) is 6.14. The Morgan fingerprint density at radius 1 is 1.33 bits per heavy atom. The Labute approximate surface area is 200 Å². The Kier molecular flexibility index (Phi) is 10.3. The number of nitrogens with zero attached hydrogens (tertiary/aromatic N) is 3. The lowest BCUT2D eigenvalue weighted by molar-refractivity contribution is 0.145. The summed E-state index contributed by atoms with van der Waals surface area (Å²) in [5, 5.41) is 15.1. The van der Waals surface area contributed by atoms with E-state index in [0.29, 0.717) is 38.2 Å². The summed E-state index contributed by atoms with van der Waals surface area (Å²) in [7, 11) is 2.03. The van der Waals surface area contributed by atoms with E-state index in [0.717, 1.165) is 31.0 Å². The molecule has 0 aliphatic carbocycles. The van der Waals surface area contributed by atoms with Gasteiger partial charge in [0.1, 0.15) is 5.82 Å². The second kappa shape index (κ2) is 12.5. The maximum Gasteiger partial charge on any atom is 0.193 e. The highest BCUT2D eigenvalue weighted by Gasteiger charge is 2.19. The molecule has 1 fully saturated rings. The Hall–Kier alpha value is -1.39. The van der Waals surface area contributed by atoms with E-state index in [1.165, 1.54) is 4.88 Å². The number of hydrogen-bond acceptors (Lipinski definition) is 4. The van der Waals surface area contributed by atoms with Crippen molar-refractivity contribution in [2.75, 3.05) is 38.1 Å². The number of rotatable bonds is 7. The van der Waals surface area contributed by atoms with Crippen molar-refractivity contribution in [1.82, 2.24) is 10.2 Å². The molecule has 0 unspecified atom stereocenters. The van der Waals surface area contributed by atoms with Gasteiger partial charge in [-0.3, -0.25) is 0 Å². The number of aliphatic hydroxyl groups excluding tert-OH is 1. The van der Waals surface area contributed by atoms with Crippen molar-refractivity contribution in [1.29, 1.82) is 0 Å². The largest absolute Gasteiger partial charge is 0.393 e. The molecule has 1 aliphatic rings. The van der Waals surface area contributed by atoms with Gasteiger partial charge in [0.05, 0.1) is 18.3 Å². The number of hydrogen-bond donors (Lipinski definition) is 2. The average molecular weight is 546 g/mol. The van der Waals surface area contributed by atoms with Crippen molar-refractivity contribution in [3.63, 3.8) is 0 Å². The van der Waals surface area contributed by atoms with Gasteiger partial charge in [-0.25, -0.2) is 9.38 Å². The zero-order valence-electron chi connectivity index (χ0n) is 17.7. The lowest BCUT2D eigenvalue weighted by Crippen LogP contribution is -2.39. The van der Waals surface area contributed by atoms with Gasteiger partial charge in [-0.2, -0.15) is 0 Å². The summed E-state index contributed by atoms with van der Waals surface area (Å²) in [6.07, 6.45) is 2.10. The second-order valence-corrected chi connectivity index (χ2v) is 8.46. The minimum absolute atomic E-state index is 0. The fourth-order valence-corrected chi connectivity index (χ4v) is 4.18. The van der Waals surface area contributed by atoms with Crippen LogP contribution in [0.15, 0.2) is 40.7 Å². The molecule has 1 aromatic carbocycles. The number of thiophene rings is 1. The van der Waals surface area contributed by atoms with Crippen LogP contribution in [0.5, 0.6) is 0 Å². The van der Waals surface area contributed by atoms with Crippen LogP contribution >= 0.6 is 35.3 Å². The molecule has 0 radical (unpaired) electrons. The van der Waals surface area contributed by atoms with Crippen LogP contribution in [-0.4, -0.2) is 55.3 Å². The van der Waals surface area contributed by atoms with E-state index < -0.39 is 0 Å². The van der Waals surface area contributed by atoms with E-state index in [9.17, 15) is 9.50 Å². The predicted octanol–water partition coefficient (Wildman–Crippen LogP) is 4.11. The molecule has 1 aliphatic heterocycles. The minimum Gasteiger partial charge on any atom is -0.393 e. The van der Waals surface area contributed by atoms with E-state index in [2.05, 4.69) is 27.7 Å². The van der Waals surface area contributed by atoms with Gasteiger partial charge in [0.15, 0.2) is 5.96 Å². The van der Waals surface area contributed by atoms with E-state index in [-0.39, 0.29) is 35.9 Å². The first-order valence-electron chi connectivity index (χ1n) is 10.3. The molecule has 1 aromatic heterocycles. The molecule has 0 saturated carbocycles. The average Bonchev–Trinajstić information content (AvgIpc) is 3.24. The summed E-state index contributed by atoms with van der Waals surface area (Å²) in [5.41, 5.74) is 1.47. The van der Waals surface area contributed by atoms with Gasteiger partial charge < -0.3 is 20.2 Å². The van der Waals surface area contributed by atoms with E-state index in [1.54, 1.807) is 17.4 Å². The number of halogens is 2. The molecule has 2 N–H and O–H groups in total. The van der Waals surface area contributed by atoms with Gasteiger partial charge in [0.2, 0.25) is 0 Å². The van der Waals surface area contributed by atoms with Crippen LogP contribution in [0.4, 0.5) is 10.1 Å². The van der Waals surface area contributed by atoms with Crippen molar-refractivity contribution < 1.29 is 9.50 Å². The van der Waals surface area contributed by atoms with Gasteiger partial charge in [-0.15, -0.1) is 35.3 Å². The number of aliphatic imine (C=N–C) groups is 1. The SMILES string of the molecule is CCNC(=NCc1ccc(N2CCC(O)CC2)c(F)c1)N(C)CCc1cccs1.I. The first-order chi connectivity index (χ1) is 14.1. The number of aliphatic hydroxyl groups is 1. The van der Waals surface area contributed by atoms with Gasteiger partial charge in [0.25, 0.3) is 0 Å². The molecular weight excluding hydrogens is 514 g/mol. The Morgan fingerprint density at radius 3 is 2.73 bits per heavy atom. The maximum absolute atomic E-state index is 14.7. The van der Waals surface area contributed by atoms with E-state index in [4.69, 9.17) is 4.99 Å². The molecule has 1 saturated heterocycles. The van der Waals surface area contributed by atoms with Crippen LogP contribution in [-0.2, 0) is 13.0 Å². The summed E-state index contributed by atoms with van der Waals surface area (Å²) in [4.78, 5) is 10.2. The van der Waals surface area contributed by atoms with Gasteiger partial charge in [-0.05, 0) is 55.3 Å². The van der Waals surface area contributed by atoms with Crippen molar-refractivity contribution in [2.24, 2.45) is 4.99 Å². The summed E-state index contributed by atoms with van der Waals surface area (Å²) < 4.78 is 14.7. The molecule has 2 aromatic rings. The summed E-state index contributed by atoms with van der Waals surface area (Å²) in [6, 6.07) is 9.59. The first kappa shape index (κ1) is 24.9. The minimum atomic E-state index is -0.260. The molecule has 0 atom stereocenters. The third-order valence-electron chi connectivity index (χ3n) is 5.20. The monoisotopic (exact) mass is 546 g/mol. The second-order valence-electron chi connectivity index (χ2n) is 7.43. The van der Waals surface area contributed by atoms with Crippen LogP contribution < -0.4 is 10.2 Å². The molecule has 0 spiro atoms. The third kappa shape index (κ3) is 7.09. The van der Waals surface area contributed by atoms with E-state index >= 15 is 0 Å². The van der Waals surface area contributed by atoms with Crippen LogP contribution in [0.25, 0.3) is 0 Å². The molecule has 166 valence electrons. The molecule has 30 heavy (non-hydrogen) atoms. The molecule has 2 heterocycles. The van der Waals surface area contributed by atoms with E-state index in [1.807, 2.05) is 31.0 Å². The van der Waals surface area contributed by atoms with Crippen LogP contribution in [0.1, 0.15) is 30.2 Å². The van der Waals surface area contributed by atoms with Crippen molar-refractivity contribution in [2.45, 2.75) is 38.8 Å². The molecule has 0 amide bonds. The number of likely N-dealkylation sites (N-methyl/N-ethyl adjacent to an activating group) is 1. The van der Waals surface area contributed by atoms with Gasteiger partial charge in [0, 0.05) is 38.1 Å². The van der Waals surface area contributed by atoms with Crippen molar-refractivity contribution in [3.05, 3.63) is 52.0 Å². The lowest BCUT2D eigenvalue weighted by Gasteiger charge is -2.31. The number of benzene rings is 1. The maximum atomic E-state index is 14.7. The molecule has 8 heteroatoms. The molecular formula is C22H32FIN4OS. The first-order valence-corrected chi connectivity index (χ1v) is 11.2. The summed E-state index contributed by atoms with van der Waals surface area (Å²) in [5.74, 6) is 0.615. The normalized spacial score (nSPS) is 15.1. The molecule has 5 nitrogen and oxygen atoms in total. The smallest absolute Gasteiger partial charge is 0.193 e. The summed E-state index contributed by atoms with van der Waals surface area (Å²) in [6.45, 7) is 5.52. The van der Waals surface area contributed by atoms with Crippen LogP contribution in [0, 0.1) is 5.82 Å². The van der Waals surface area contributed by atoms with Gasteiger partial charge >= 0.3 is 0 Å². The fourth-order valence-electron chi connectivity index (χ4n) is 3.49. The fraction of sp³-hybridized carbons (Fsp3) is 0.500. The zero-order chi connectivity index (χ0) is 20.6. The lowest BCUT2D eigenvalue weighted by atomic mass is 10.1. The van der Waals surface area contributed by atoms with Crippen LogP contribution in [0.2, 0.25) is 0 Å². The number of piperidine rings is 1. The van der Waals surface area contributed by atoms with Gasteiger partial charge in [-0.1, -0.05) is 12.1 Å². The highest BCUT2D eigenvalue weighted by Crippen LogP contribution is 2.24. The highest BCUT2D eigenvalue weighted by molar-refractivity contribution is 14.0. The van der Waals surface area contributed by atoms with Crippen molar-refractivity contribution in [3.8, 4) is 0 Å². The zero-order valence-corrected chi connectivity index (χ0v) is 20.8. The van der Waals surface area contributed by atoms with Crippen LogP contribution in [0.3, 0.4) is 0 Å². The predicted molar refractivity (Wildman–Crippen MR) is 135 cm³/mol. The number of nitrogens with one attached hydrogen (secondary N) is 1. The Bertz CT molecular complexity index is 794. The summed E-state index contributed by atoms with van der Waals surface area (Å²) >= 11 is 1.77. The number of guanidine groups is 1. The van der Waals surface area contributed by atoms with Crippen molar-refractivity contribution >= 4 is 47.0 Å². The standard InChI is InChI=1S/C22H31FN4OS.HI/c1-3-24-22(26(2)11-10-19-5-4-14-29-19)25-16-17-6-7-21(20(23)15-17)27-12-8-18(28)9-13-27;/h4-7,14-15,18,28H,3,8-13,16H2,1-2H3,(H,24,25);1H. The molecule has 0 bridgehead atoms. The quantitative estimate of drug-likeness (QED) is 0.312. The molecule has 3 rings (SSSR count).